The molecule has 2 aromatic carbocycles. The zero-order valence-corrected chi connectivity index (χ0v) is 19.2. The molecule has 1 aliphatic rings. The summed E-state index contributed by atoms with van der Waals surface area (Å²) in [6.07, 6.45) is 0. The summed E-state index contributed by atoms with van der Waals surface area (Å²) in [4.78, 5) is 0. The summed E-state index contributed by atoms with van der Waals surface area (Å²) < 4.78 is 9.75. The Morgan fingerprint density at radius 1 is 0.696 bits per heavy atom. The summed E-state index contributed by atoms with van der Waals surface area (Å²) in [5.74, 6) is 0. The quantitative estimate of drug-likeness (QED) is 0.358. The Balaban J connectivity index is 1.82. The minimum atomic E-state index is -2.68. The Hall–Kier alpha value is 0.209. The fraction of sp³-hybridized carbons (Fsp3) is 0.118. The summed E-state index contributed by atoms with van der Waals surface area (Å²) in [5, 5.41) is 0. The molecule has 0 fully saturated rings. The second kappa shape index (κ2) is 7.22. The normalized spacial score (nSPS) is 16.5. The molecule has 3 aromatic rings. The summed E-state index contributed by atoms with van der Waals surface area (Å²) in [6.45, 7) is 0. The van der Waals surface area contributed by atoms with E-state index in [2.05, 4.69) is 84.2 Å². The molecule has 4 rings (SSSR count). The van der Waals surface area contributed by atoms with E-state index in [0.717, 1.165) is 3.14 Å². The van der Waals surface area contributed by atoms with Gasteiger partial charge in [-0.2, -0.15) is 0 Å². The van der Waals surface area contributed by atoms with Crippen molar-refractivity contribution in [3.8, 4) is 0 Å². The number of rotatable bonds is 2. The van der Waals surface area contributed by atoms with Crippen LogP contribution in [-0.4, -0.2) is 25.9 Å². The first-order valence-corrected chi connectivity index (χ1v) is 18.2. The third-order valence-electron chi connectivity index (χ3n) is 4.07. The van der Waals surface area contributed by atoms with Gasteiger partial charge in [-0.1, -0.05) is 0 Å². The van der Waals surface area contributed by atoms with Crippen molar-refractivity contribution >= 4 is 84.0 Å². The van der Waals surface area contributed by atoms with Crippen LogP contribution in [-0.2, 0) is 0 Å². The van der Waals surface area contributed by atoms with Gasteiger partial charge in [0.2, 0.25) is 0 Å². The van der Waals surface area contributed by atoms with E-state index in [1.165, 1.54) is 16.0 Å². The molecule has 2 heterocycles. The first kappa shape index (κ1) is 16.7. The van der Waals surface area contributed by atoms with Crippen LogP contribution >= 0.6 is 58.4 Å². The zero-order chi connectivity index (χ0) is 15.7. The van der Waals surface area contributed by atoms with Crippen LogP contribution in [0.5, 0.6) is 0 Å². The third-order valence-corrected chi connectivity index (χ3v) is 29.2. The SMILES string of the molecule is S=c1sc2c(s1)S[CH2][Sn]([c]1ccccc1)([c]1ccccc1)[CH2]S2. The predicted molar refractivity (Wildman–Crippen MR) is 112 cm³/mol. The average Bonchev–Trinajstić information content (AvgIpc) is 2.87. The molecule has 0 amide bonds. The molecule has 6 heteroatoms. The van der Waals surface area contributed by atoms with Crippen molar-refractivity contribution in [3.63, 3.8) is 0 Å². The van der Waals surface area contributed by atoms with E-state index in [1.807, 2.05) is 0 Å². The molecule has 1 aliphatic heterocycles. The van der Waals surface area contributed by atoms with Crippen LogP contribution in [0.1, 0.15) is 0 Å². The van der Waals surface area contributed by atoms with Gasteiger partial charge in [0, 0.05) is 0 Å². The monoisotopic (exact) mass is 498 g/mol. The average molecular weight is 497 g/mol. The Labute approximate surface area is 162 Å². The van der Waals surface area contributed by atoms with E-state index in [9.17, 15) is 0 Å². The van der Waals surface area contributed by atoms with Crippen molar-refractivity contribution in [1.29, 1.82) is 0 Å². The van der Waals surface area contributed by atoms with Crippen LogP contribution < -0.4 is 7.16 Å². The van der Waals surface area contributed by atoms with E-state index in [0.29, 0.717) is 0 Å². The van der Waals surface area contributed by atoms with Crippen molar-refractivity contribution in [2.24, 2.45) is 0 Å². The van der Waals surface area contributed by atoms with Gasteiger partial charge in [0.05, 0.1) is 0 Å². The first-order chi connectivity index (χ1) is 11.3. The molecule has 0 aliphatic carbocycles. The second-order valence-electron chi connectivity index (χ2n) is 5.42. The number of fused-ring (bicyclic) bond motifs is 1. The number of hydrogen-bond donors (Lipinski definition) is 0. The fourth-order valence-electron chi connectivity index (χ4n) is 2.87. The van der Waals surface area contributed by atoms with Gasteiger partial charge in [0.15, 0.2) is 0 Å². The molecular formula is C17H14S5Sn. The van der Waals surface area contributed by atoms with Crippen molar-refractivity contribution in [3.05, 3.63) is 63.8 Å². The molecular weight excluding hydrogens is 483 g/mol. The molecule has 0 saturated carbocycles. The Bertz CT molecular complexity index is 783. The molecule has 0 N–H and O–H groups in total. The molecule has 23 heavy (non-hydrogen) atoms. The molecule has 0 bridgehead atoms. The van der Waals surface area contributed by atoms with Crippen LogP contribution in [0, 0.1) is 3.14 Å². The molecule has 0 nitrogen and oxygen atoms in total. The molecule has 0 atom stereocenters. The van der Waals surface area contributed by atoms with Gasteiger partial charge in [0.25, 0.3) is 0 Å². The predicted octanol–water partition coefficient (Wildman–Crippen LogP) is 5.08. The molecule has 1 aromatic heterocycles. The van der Waals surface area contributed by atoms with E-state index in [1.54, 1.807) is 29.8 Å². The summed E-state index contributed by atoms with van der Waals surface area (Å²) >= 11 is 10.4. The second-order valence-corrected chi connectivity index (χ2v) is 25.5. The molecule has 0 saturated heterocycles. The number of benzene rings is 2. The van der Waals surface area contributed by atoms with E-state index >= 15 is 0 Å². The number of hydrogen-bond acceptors (Lipinski definition) is 5. The minimum absolute atomic E-state index is 1.07. The van der Waals surface area contributed by atoms with Crippen molar-refractivity contribution in [1.82, 2.24) is 0 Å². The molecule has 0 unspecified atom stereocenters. The molecule has 0 spiro atoms. The van der Waals surface area contributed by atoms with Gasteiger partial charge in [-0.15, -0.1) is 0 Å². The van der Waals surface area contributed by atoms with Crippen molar-refractivity contribution in [2.45, 2.75) is 8.42 Å². The van der Waals surface area contributed by atoms with Gasteiger partial charge in [-0.3, -0.25) is 0 Å². The Kier molecular flexibility index (Phi) is 5.23. The maximum atomic E-state index is 5.40. The Morgan fingerprint density at radius 2 is 1.13 bits per heavy atom. The maximum absolute atomic E-state index is 5.40. The van der Waals surface area contributed by atoms with E-state index in [4.69, 9.17) is 12.2 Å². The van der Waals surface area contributed by atoms with Crippen molar-refractivity contribution in [2.75, 3.05) is 7.54 Å². The van der Waals surface area contributed by atoms with Crippen LogP contribution in [0.15, 0.2) is 69.1 Å². The summed E-state index contributed by atoms with van der Waals surface area (Å²) in [5.41, 5.74) is 0. The Morgan fingerprint density at radius 3 is 1.57 bits per heavy atom. The van der Waals surface area contributed by atoms with Crippen LogP contribution in [0.3, 0.4) is 0 Å². The van der Waals surface area contributed by atoms with Crippen LogP contribution in [0.4, 0.5) is 0 Å². The van der Waals surface area contributed by atoms with Crippen LogP contribution in [0.25, 0.3) is 0 Å². The zero-order valence-electron chi connectivity index (χ0n) is 12.2. The van der Waals surface area contributed by atoms with Crippen molar-refractivity contribution < 1.29 is 0 Å². The molecule has 0 radical (unpaired) electrons. The first-order valence-electron chi connectivity index (χ1n) is 7.28. The van der Waals surface area contributed by atoms with E-state index in [-0.39, 0.29) is 0 Å². The topological polar surface area (TPSA) is 0 Å². The van der Waals surface area contributed by atoms with Crippen LogP contribution in [0.2, 0.25) is 0 Å². The molecule has 116 valence electrons. The summed E-state index contributed by atoms with van der Waals surface area (Å²) in [7, 11) is 0. The summed E-state index contributed by atoms with van der Waals surface area (Å²) in [6, 6.07) is 22.6. The third kappa shape index (κ3) is 3.33. The van der Waals surface area contributed by atoms with Gasteiger partial charge in [-0.05, 0) is 0 Å². The fourth-order valence-corrected chi connectivity index (χ4v) is 31.7. The van der Waals surface area contributed by atoms with Gasteiger partial charge in [0.1, 0.15) is 0 Å². The van der Waals surface area contributed by atoms with Gasteiger partial charge < -0.3 is 0 Å². The van der Waals surface area contributed by atoms with Gasteiger partial charge >= 0.3 is 164 Å². The van der Waals surface area contributed by atoms with E-state index < -0.39 is 18.4 Å². The standard InChI is InChI=1S/2C6H5.C5H4S5.Sn/c2*1-2-4-6-5-3-1;1-7-3-4(8-2)10-5(6)9-3;/h2*1-5H;1-2H2;. The number of thioether (sulfide) groups is 2. The van der Waals surface area contributed by atoms with Gasteiger partial charge in [-0.25, -0.2) is 0 Å².